The average Bonchev–Trinajstić information content (AvgIpc) is 2.75. The summed E-state index contributed by atoms with van der Waals surface area (Å²) >= 11 is 0. The van der Waals surface area contributed by atoms with E-state index in [0.29, 0.717) is 17.1 Å². The van der Waals surface area contributed by atoms with E-state index in [4.69, 9.17) is 4.74 Å². The largest absolute Gasteiger partial charge is 0.859 e. The fourth-order valence-electron chi connectivity index (χ4n) is 3.45. The van der Waals surface area contributed by atoms with Gasteiger partial charge in [0.05, 0.1) is 17.6 Å². The Morgan fingerprint density at radius 2 is 1.55 bits per heavy atom. The van der Waals surface area contributed by atoms with Crippen molar-refractivity contribution in [3.8, 4) is 17.6 Å². The molecule has 2 heterocycles. The van der Waals surface area contributed by atoms with Crippen LogP contribution in [-0.4, -0.2) is 5.91 Å². The van der Waals surface area contributed by atoms with Crippen LogP contribution in [0.4, 0.5) is 0 Å². The number of ether oxygens (including phenoxy) is 1. The molecule has 2 atom stereocenters. The molecule has 0 unspecified atom stereocenters. The molecule has 0 bridgehead atoms. The number of hydrogen-bond acceptors (Lipinski definition) is 4. The lowest BCUT2D eigenvalue weighted by atomic mass is 9.82. The Balaban J connectivity index is 1.72. The summed E-state index contributed by atoms with van der Waals surface area (Å²) in [6, 6.07) is 23.1. The Morgan fingerprint density at radius 1 is 0.931 bits per heavy atom. The Hall–Kier alpha value is -4.11. The second-order valence-electron chi connectivity index (χ2n) is 6.57. The van der Waals surface area contributed by atoms with Crippen LogP contribution in [0.3, 0.4) is 0 Å². The molecule has 0 aliphatic carbocycles. The van der Waals surface area contributed by atoms with E-state index >= 15 is 0 Å². The maximum Gasteiger partial charge on any atom is 0.293 e. The lowest BCUT2D eigenvalue weighted by Gasteiger charge is -2.31. The van der Waals surface area contributed by atoms with Crippen LogP contribution in [0.25, 0.3) is 0 Å². The predicted octanol–water partition coefficient (Wildman–Crippen LogP) is 2.32. The number of aromatic nitrogens is 1. The lowest BCUT2D eigenvalue weighted by Crippen LogP contribution is -2.55. The maximum absolute atomic E-state index is 12.7. The summed E-state index contributed by atoms with van der Waals surface area (Å²) in [6.07, 6.45) is 3.49. The Labute approximate surface area is 167 Å². The van der Waals surface area contributed by atoms with Crippen LogP contribution < -0.4 is 19.7 Å². The Bertz CT molecular complexity index is 1090. The fourth-order valence-corrected chi connectivity index (χ4v) is 3.45. The minimum atomic E-state index is -0.746. The quantitative estimate of drug-likeness (QED) is 0.700. The summed E-state index contributed by atoms with van der Waals surface area (Å²) in [5.74, 6) is -0.470. The molecule has 1 aliphatic heterocycles. The van der Waals surface area contributed by atoms with Gasteiger partial charge in [0.25, 0.3) is 5.91 Å². The number of allylic oxidation sites excluding steroid dienone is 1. The van der Waals surface area contributed by atoms with Gasteiger partial charge < -0.3 is 15.2 Å². The molecule has 1 amide bonds. The molecular formula is C23H17N3O3. The van der Waals surface area contributed by atoms with E-state index in [0.717, 1.165) is 0 Å². The van der Waals surface area contributed by atoms with E-state index in [1.54, 1.807) is 53.4 Å². The molecule has 0 saturated carbocycles. The molecule has 0 spiro atoms. The molecule has 29 heavy (non-hydrogen) atoms. The molecule has 1 N–H and O–H groups in total. The smallest absolute Gasteiger partial charge is 0.293 e. The number of benzene rings is 2. The standard InChI is InChI=1S/C23H17N3O3/c24-15-19-20(21(23(28)25-22(19)27)26-13-5-2-6-14-26)16-9-11-18(12-10-16)29-17-7-3-1-4-8-17/h1-14,20-21H,(H-,25,27,28)/t20-,21+/m1/s1. The van der Waals surface area contributed by atoms with E-state index in [9.17, 15) is 15.2 Å². The number of carbonyl (C=O) groups excluding carboxylic acids is 1. The van der Waals surface area contributed by atoms with Crippen LogP contribution in [0.5, 0.6) is 11.5 Å². The van der Waals surface area contributed by atoms with Crippen LogP contribution in [0.1, 0.15) is 17.5 Å². The van der Waals surface area contributed by atoms with E-state index in [-0.39, 0.29) is 5.57 Å². The van der Waals surface area contributed by atoms with E-state index in [2.05, 4.69) is 5.32 Å². The van der Waals surface area contributed by atoms with Crippen LogP contribution in [0.2, 0.25) is 0 Å². The van der Waals surface area contributed by atoms with Crippen molar-refractivity contribution in [3.05, 3.63) is 102 Å². The predicted molar refractivity (Wildman–Crippen MR) is 102 cm³/mol. The molecule has 6 heteroatoms. The highest BCUT2D eigenvalue weighted by atomic mass is 16.5. The number of nitriles is 1. The minimum absolute atomic E-state index is 0.00248. The Kier molecular flexibility index (Phi) is 4.95. The second-order valence-corrected chi connectivity index (χ2v) is 6.57. The molecule has 6 nitrogen and oxygen atoms in total. The third-order valence-electron chi connectivity index (χ3n) is 4.78. The van der Waals surface area contributed by atoms with Crippen molar-refractivity contribution in [2.75, 3.05) is 0 Å². The molecule has 1 aromatic heterocycles. The summed E-state index contributed by atoms with van der Waals surface area (Å²) < 4.78 is 7.51. The summed E-state index contributed by atoms with van der Waals surface area (Å²) in [5.41, 5.74) is 0.689. The van der Waals surface area contributed by atoms with Gasteiger partial charge in [-0.3, -0.25) is 4.79 Å². The van der Waals surface area contributed by atoms with E-state index < -0.39 is 23.8 Å². The van der Waals surface area contributed by atoms with Crippen molar-refractivity contribution in [2.24, 2.45) is 0 Å². The van der Waals surface area contributed by atoms with Crippen LogP contribution in [-0.2, 0) is 4.79 Å². The average molecular weight is 383 g/mol. The highest BCUT2D eigenvalue weighted by Crippen LogP contribution is 2.36. The topological polar surface area (TPSA) is 89.1 Å². The van der Waals surface area contributed by atoms with Gasteiger partial charge in [-0.2, -0.15) is 9.83 Å². The molecule has 0 saturated heterocycles. The van der Waals surface area contributed by atoms with Gasteiger partial charge in [-0.05, 0) is 35.7 Å². The molecule has 142 valence electrons. The number of pyridine rings is 1. The number of nitrogens with zero attached hydrogens (tertiary/aromatic N) is 2. The number of carbonyl (C=O) groups is 1. The van der Waals surface area contributed by atoms with Crippen LogP contribution in [0, 0.1) is 11.3 Å². The number of rotatable bonds is 4. The summed E-state index contributed by atoms with van der Waals surface area (Å²) in [7, 11) is 0. The SMILES string of the molecule is N#CC1=C([O-])NC(=O)[C@@H]([n+]2ccccc2)[C@@H]1c1ccc(Oc2ccccc2)cc1. The van der Waals surface area contributed by atoms with Crippen molar-refractivity contribution in [2.45, 2.75) is 12.0 Å². The maximum atomic E-state index is 12.7. The van der Waals surface area contributed by atoms with Gasteiger partial charge in [0.1, 0.15) is 11.5 Å². The van der Waals surface area contributed by atoms with Gasteiger partial charge >= 0.3 is 0 Å². The number of hydrogen-bond donors (Lipinski definition) is 1. The van der Waals surface area contributed by atoms with Crippen molar-refractivity contribution in [1.29, 1.82) is 5.26 Å². The number of nitrogens with one attached hydrogen (secondary N) is 1. The zero-order chi connectivity index (χ0) is 20.2. The lowest BCUT2D eigenvalue weighted by molar-refractivity contribution is -0.711. The molecule has 0 fully saturated rings. The molecule has 2 aromatic carbocycles. The molecule has 3 aromatic rings. The summed E-state index contributed by atoms with van der Waals surface area (Å²) in [4.78, 5) is 12.7. The fraction of sp³-hybridized carbons (Fsp3) is 0.0870. The van der Waals surface area contributed by atoms with Gasteiger partial charge in [-0.1, -0.05) is 36.4 Å². The van der Waals surface area contributed by atoms with E-state index in [1.165, 1.54) is 0 Å². The normalized spacial score (nSPS) is 18.7. The molecular weight excluding hydrogens is 366 g/mol. The number of para-hydroxylation sites is 1. The number of amides is 1. The van der Waals surface area contributed by atoms with Gasteiger partial charge in [0.2, 0.25) is 6.04 Å². The summed E-state index contributed by atoms with van der Waals surface area (Å²) in [5, 5.41) is 24.2. The van der Waals surface area contributed by atoms with Crippen molar-refractivity contribution < 1.29 is 19.2 Å². The third kappa shape index (κ3) is 3.66. The van der Waals surface area contributed by atoms with Gasteiger partial charge in [-0.25, -0.2) is 0 Å². The second kappa shape index (κ2) is 7.87. The molecule has 0 radical (unpaired) electrons. The molecule has 1 aliphatic rings. The first kappa shape index (κ1) is 18.3. The Morgan fingerprint density at radius 3 is 2.21 bits per heavy atom. The van der Waals surface area contributed by atoms with Gasteiger partial charge in [-0.15, -0.1) is 0 Å². The van der Waals surface area contributed by atoms with E-state index in [1.807, 2.05) is 42.5 Å². The third-order valence-corrected chi connectivity index (χ3v) is 4.78. The monoisotopic (exact) mass is 383 g/mol. The highest BCUT2D eigenvalue weighted by Gasteiger charge is 2.43. The van der Waals surface area contributed by atoms with Crippen LogP contribution in [0.15, 0.2) is 96.6 Å². The highest BCUT2D eigenvalue weighted by molar-refractivity contribution is 5.84. The first-order valence-corrected chi connectivity index (χ1v) is 9.08. The van der Waals surface area contributed by atoms with Crippen LogP contribution >= 0.6 is 0 Å². The zero-order valence-corrected chi connectivity index (χ0v) is 15.4. The van der Waals surface area contributed by atoms with Gasteiger partial charge in [0, 0.05) is 12.1 Å². The summed E-state index contributed by atoms with van der Waals surface area (Å²) in [6.45, 7) is 0. The molecule has 4 rings (SSSR count). The zero-order valence-electron chi connectivity index (χ0n) is 15.4. The van der Waals surface area contributed by atoms with Crippen molar-refractivity contribution in [1.82, 2.24) is 5.32 Å². The first-order chi connectivity index (χ1) is 14.2. The van der Waals surface area contributed by atoms with Gasteiger partial charge in [0.15, 0.2) is 12.4 Å². The minimum Gasteiger partial charge on any atom is -0.859 e. The van der Waals surface area contributed by atoms with Crippen molar-refractivity contribution >= 4 is 5.91 Å². The first-order valence-electron chi connectivity index (χ1n) is 9.08. The van der Waals surface area contributed by atoms with Crippen molar-refractivity contribution in [3.63, 3.8) is 0 Å².